The normalized spacial score (nSPS) is 10.0. The maximum absolute atomic E-state index is 11.7. The van der Waals surface area contributed by atoms with Crippen molar-refractivity contribution >= 4 is 11.6 Å². The highest BCUT2D eigenvalue weighted by molar-refractivity contribution is 5.95. The van der Waals surface area contributed by atoms with E-state index in [-0.39, 0.29) is 5.91 Å². The van der Waals surface area contributed by atoms with Crippen molar-refractivity contribution in [3.63, 3.8) is 0 Å². The first-order chi connectivity index (χ1) is 8.19. The van der Waals surface area contributed by atoms with Gasteiger partial charge in [0, 0.05) is 12.1 Å². The Hall–Kier alpha value is -1.75. The molecule has 0 aromatic heterocycles. The number of carbonyl (C=O) groups is 1. The molecule has 0 spiro atoms. The Kier molecular flexibility index (Phi) is 5.29. The molecule has 0 fully saturated rings. The number of hydrogen-bond acceptors (Lipinski definition) is 4. The second kappa shape index (κ2) is 6.75. The van der Waals surface area contributed by atoms with Crippen molar-refractivity contribution < 1.29 is 9.53 Å². The van der Waals surface area contributed by atoms with Gasteiger partial charge in [-0.15, -0.1) is 0 Å². The summed E-state index contributed by atoms with van der Waals surface area (Å²) in [7, 11) is 1.52. The largest absolute Gasteiger partial charge is 0.495 e. The molecular formula is C12H19N3O2. The Labute approximate surface area is 101 Å². The molecule has 0 atom stereocenters. The SMILES string of the molecule is COc1cc(C(=O)NCCCCN)ccc1N. The van der Waals surface area contributed by atoms with Crippen molar-refractivity contribution in [3.05, 3.63) is 23.8 Å². The molecule has 0 aliphatic rings. The van der Waals surface area contributed by atoms with E-state index in [1.54, 1.807) is 18.2 Å². The fourth-order valence-electron chi connectivity index (χ4n) is 1.43. The van der Waals surface area contributed by atoms with Crippen LogP contribution in [0.5, 0.6) is 5.75 Å². The quantitative estimate of drug-likeness (QED) is 0.503. The summed E-state index contributed by atoms with van der Waals surface area (Å²) in [6, 6.07) is 4.97. The molecule has 0 heterocycles. The Balaban J connectivity index is 2.57. The molecule has 5 heteroatoms. The molecule has 1 rings (SSSR count). The van der Waals surface area contributed by atoms with Crippen LogP contribution in [0, 0.1) is 0 Å². The van der Waals surface area contributed by atoms with E-state index < -0.39 is 0 Å². The number of nitrogens with one attached hydrogen (secondary N) is 1. The van der Waals surface area contributed by atoms with Gasteiger partial charge in [0.2, 0.25) is 0 Å². The average molecular weight is 237 g/mol. The summed E-state index contributed by atoms with van der Waals surface area (Å²) in [5.74, 6) is 0.389. The standard InChI is InChI=1S/C12H19N3O2/c1-17-11-8-9(4-5-10(11)14)12(16)15-7-3-2-6-13/h4-5,8H,2-3,6-7,13-14H2,1H3,(H,15,16). The predicted molar refractivity (Wildman–Crippen MR) is 68.0 cm³/mol. The molecule has 0 bridgehead atoms. The van der Waals surface area contributed by atoms with Crippen molar-refractivity contribution in [2.45, 2.75) is 12.8 Å². The highest BCUT2D eigenvalue weighted by Gasteiger charge is 2.07. The second-order valence-electron chi connectivity index (χ2n) is 3.71. The third-order valence-corrected chi connectivity index (χ3v) is 2.41. The van der Waals surface area contributed by atoms with Crippen LogP contribution in [0.4, 0.5) is 5.69 Å². The molecule has 1 aromatic carbocycles. The summed E-state index contributed by atoms with van der Waals surface area (Å²) in [6.07, 6.45) is 1.79. The van der Waals surface area contributed by atoms with Crippen LogP contribution in [0.3, 0.4) is 0 Å². The number of ether oxygens (including phenoxy) is 1. The lowest BCUT2D eigenvalue weighted by Crippen LogP contribution is -2.24. The number of anilines is 1. The third kappa shape index (κ3) is 3.96. The summed E-state index contributed by atoms with van der Waals surface area (Å²) in [5, 5.41) is 2.81. The first-order valence-electron chi connectivity index (χ1n) is 5.61. The Morgan fingerprint density at radius 1 is 1.41 bits per heavy atom. The Bertz CT molecular complexity index is 380. The van der Waals surface area contributed by atoms with Crippen LogP contribution in [0.15, 0.2) is 18.2 Å². The maximum Gasteiger partial charge on any atom is 0.251 e. The van der Waals surface area contributed by atoms with Gasteiger partial charge < -0.3 is 21.5 Å². The van der Waals surface area contributed by atoms with E-state index >= 15 is 0 Å². The topological polar surface area (TPSA) is 90.4 Å². The molecule has 0 aliphatic carbocycles. The minimum atomic E-state index is -0.125. The zero-order valence-electron chi connectivity index (χ0n) is 10.0. The summed E-state index contributed by atoms with van der Waals surface area (Å²) >= 11 is 0. The van der Waals surface area contributed by atoms with E-state index in [0.29, 0.717) is 30.1 Å². The number of amides is 1. The van der Waals surface area contributed by atoms with Gasteiger partial charge in [-0.25, -0.2) is 0 Å². The number of rotatable bonds is 6. The number of carbonyl (C=O) groups excluding carboxylic acids is 1. The molecule has 0 aliphatic heterocycles. The molecular weight excluding hydrogens is 218 g/mol. The minimum Gasteiger partial charge on any atom is -0.495 e. The van der Waals surface area contributed by atoms with Gasteiger partial charge in [-0.2, -0.15) is 0 Å². The van der Waals surface area contributed by atoms with E-state index in [1.807, 2.05) is 0 Å². The van der Waals surface area contributed by atoms with Crippen molar-refractivity contribution in [2.75, 3.05) is 25.9 Å². The smallest absolute Gasteiger partial charge is 0.251 e. The predicted octanol–water partition coefficient (Wildman–Crippen LogP) is 0.746. The van der Waals surface area contributed by atoms with Gasteiger partial charge in [0.25, 0.3) is 5.91 Å². The third-order valence-electron chi connectivity index (χ3n) is 2.41. The number of nitrogens with two attached hydrogens (primary N) is 2. The Morgan fingerprint density at radius 2 is 2.18 bits per heavy atom. The van der Waals surface area contributed by atoms with Crippen LogP contribution in [-0.4, -0.2) is 26.1 Å². The zero-order valence-corrected chi connectivity index (χ0v) is 10.0. The van der Waals surface area contributed by atoms with Crippen molar-refractivity contribution in [3.8, 4) is 5.75 Å². The Morgan fingerprint density at radius 3 is 2.82 bits per heavy atom. The average Bonchev–Trinajstić information content (AvgIpc) is 2.35. The number of methoxy groups -OCH3 is 1. The number of nitrogen functional groups attached to an aromatic ring is 1. The number of benzene rings is 1. The van der Waals surface area contributed by atoms with E-state index in [0.717, 1.165) is 12.8 Å². The number of hydrogen-bond donors (Lipinski definition) is 3. The van der Waals surface area contributed by atoms with Crippen molar-refractivity contribution in [2.24, 2.45) is 5.73 Å². The lowest BCUT2D eigenvalue weighted by Gasteiger charge is -2.08. The van der Waals surface area contributed by atoms with Gasteiger partial charge in [-0.3, -0.25) is 4.79 Å². The van der Waals surface area contributed by atoms with Gasteiger partial charge in [-0.1, -0.05) is 0 Å². The highest BCUT2D eigenvalue weighted by Crippen LogP contribution is 2.21. The van der Waals surface area contributed by atoms with Gasteiger partial charge in [0.1, 0.15) is 5.75 Å². The van der Waals surface area contributed by atoms with Gasteiger partial charge >= 0.3 is 0 Å². The molecule has 0 radical (unpaired) electrons. The van der Waals surface area contributed by atoms with Crippen molar-refractivity contribution in [1.29, 1.82) is 0 Å². The second-order valence-corrected chi connectivity index (χ2v) is 3.71. The first kappa shape index (κ1) is 13.3. The number of unbranched alkanes of at least 4 members (excludes halogenated alkanes) is 1. The molecule has 1 amide bonds. The summed E-state index contributed by atoms with van der Waals surface area (Å²) < 4.78 is 5.06. The van der Waals surface area contributed by atoms with Crippen LogP contribution >= 0.6 is 0 Å². The summed E-state index contributed by atoms with van der Waals surface area (Å²) in [6.45, 7) is 1.27. The lowest BCUT2D eigenvalue weighted by atomic mass is 10.1. The van der Waals surface area contributed by atoms with Crippen molar-refractivity contribution in [1.82, 2.24) is 5.32 Å². The molecule has 1 aromatic rings. The van der Waals surface area contributed by atoms with Crippen LogP contribution in [0.25, 0.3) is 0 Å². The molecule has 0 unspecified atom stereocenters. The fraction of sp³-hybridized carbons (Fsp3) is 0.417. The van der Waals surface area contributed by atoms with Gasteiger partial charge in [0.15, 0.2) is 0 Å². The molecule has 5 N–H and O–H groups in total. The van der Waals surface area contributed by atoms with E-state index in [1.165, 1.54) is 7.11 Å². The fourth-order valence-corrected chi connectivity index (χ4v) is 1.43. The first-order valence-corrected chi connectivity index (χ1v) is 5.61. The summed E-state index contributed by atoms with van der Waals surface area (Å²) in [4.78, 5) is 11.7. The molecule has 5 nitrogen and oxygen atoms in total. The van der Waals surface area contributed by atoms with Crippen LogP contribution in [-0.2, 0) is 0 Å². The van der Waals surface area contributed by atoms with E-state index in [4.69, 9.17) is 16.2 Å². The molecule has 0 saturated carbocycles. The molecule has 0 saturated heterocycles. The monoisotopic (exact) mass is 237 g/mol. The summed E-state index contributed by atoms with van der Waals surface area (Å²) in [5.41, 5.74) is 12.1. The minimum absolute atomic E-state index is 0.125. The maximum atomic E-state index is 11.7. The van der Waals surface area contributed by atoms with Crippen LogP contribution in [0.2, 0.25) is 0 Å². The van der Waals surface area contributed by atoms with Crippen LogP contribution < -0.4 is 21.5 Å². The lowest BCUT2D eigenvalue weighted by molar-refractivity contribution is 0.0952. The molecule has 17 heavy (non-hydrogen) atoms. The molecule has 94 valence electrons. The highest BCUT2D eigenvalue weighted by atomic mass is 16.5. The zero-order chi connectivity index (χ0) is 12.7. The van der Waals surface area contributed by atoms with E-state index in [9.17, 15) is 4.79 Å². The van der Waals surface area contributed by atoms with Gasteiger partial charge in [-0.05, 0) is 37.6 Å². The van der Waals surface area contributed by atoms with E-state index in [2.05, 4.69) is 5.32 Å². The van der Waals surface area contributed by atoms with Gasteiger partial charge in [0.05, 0.1) is 12.8 Å². The van der Waals surface area contributed by atoms with Crippen LogP contribution in [0.1, 0.15) is 23.2 Å².